The molecule has 0 saturated carbocycles. The van der Waals surface area contributed by atoms with Gasteiger partial charge in [-0.25, -0.2) is 9.97 Å². The quantitative estimate of drug-likeness (QED) is 0.240. The van der Waals surface area contributed by atoms with Gasteiger partial charge in [0, 0.05) is 63.3 Å². The summed E-state index contributed by atoms with van der Waals surface area (Å²) in [5.74, 6) is 1.06. The summed E-state index contributed by atoms with van der Waals surface area (Å²) in [4.78, 5) is 29.4. The molecule has 0 radical (unpaired) electrons. The zero-order chi connectivity index (χ0) is 25.1. The van der Waals surface area contributed by atoms with Crippen molar-refractivity contribution in [3.8, 4) is 0 Å². The van der Waals surface area contributed by atoms with Crippen molar-refractivity contribution in [1.29, 1.82) is 5.41 Å². The number of anilines is 3. The number of nitrogens with one attached hydrogen (secondary N) is 5. The highest BCUT2D eigenvalue weighted by molar-refractivity contribution is 6.10. The highest BCUT2D eigenvalue weighted by Crippen LogP contribution is 2.35. The Morgan fingerprint density at radius 2 is 2.22 bits per heavy atom. The van der Waals surface area contributed by atoms with Crippen molar-refractivity contribution in [3.05, 3.63) is 41.7 Å². The molecule has 2 unspecified atom stereocenters. The lowest BCUT2D eigenvalue weighted by Gasteiger charge is -2.26. The van der Waals surface area contributed by atoms with Crippen LogP contribution in [0.1, 0.15) is 22.5 Å². The molecule has 0 spiro atoms. The second-order valence-electron chi connectivity index (χ2n) is 8.71. The minimum Gasteiger partial charge on any atom is -0.422 e. The third kappa shape index (κ3) is 4.60. The second kappa shape index (κ2) is 10.3. The summed E-state index contributed by atoms with van der Waals surface area (Å²) in [6, 6.07) is 7.40. The molecule has 5 heterocycles. The van der Waals surface area contributed by atoms with Gasteiger partial charge in [0.25, 0.3) is 11.9 Å². The van der Waals surface area contributed by atoms with Gasteiger partial charge in [-0.1, -0.05) is 6.07 Å². The third-order valence-corrected chi connectivity index (χ3v) is 6.45. The van der Waals surface area contributed by atoms with Gasteiger partial charge in [-0.2, -0.15) is 4.98 Å². The standard InChI is InChI=1S/C24H29N9O3/c1-26-11-15(10-25)17-3-2-4-20(29-17)30-23(35)16-9-19-21(32-24(36-19)28-6-8-34)31-22(16)33-7-5-14-12-27-13-18(14)33/h2-4,9-11,14,18,25-27,34H,5-8,12-13H2,1H3,(H,28,31,32)(H,29,30,35)/b15-11+,25-10?. The predicted molar refractivity (Wildman–Crippen MR) is 138 cm³/mol. The van der Waals surface area contributed by atoms with Crippen LogP contribution in [0.2, 0.25) is 0 Å². The Morgan fingerprint density at radius 3 is 3.03 bits per heavy atom. The van der Waals surface area contributed by atoms with Crippen LogP contribution in [0.25, 0.3) is 16.8 Å². The minimum absolute atomic E-state index is 0.0653. The van der Waals surface area contributed by atoms with E-state index in [1.165, 1.54) is 6.21 Å². The fourth-order valence-electron chi connectivity index (χ4n) is 4.78. The summed E-state index contributed by atoms with van der Waals surface area (Å²) in [6.45, 7) is 2.81. The SMILES string of the molecule is CN/C=C(\C=N)c1cccc(NC(=O)c2cc3oc(NCCO)nc3nc2N2CCC3CNCC32)n1. The maximum Gasteiger partial charge on any atom is 0.297 e. The van der Waals surface area contributed by atoms with Crippen LogP contribution in [0.15, 0.2) is 34.9 Å². The minimum atomic E-state index is -0.367. The van der Waals surface area contributed by atoms with Crippen LogP contribution in [0.5, 0.6) is 0 Å². The first-order chi connectivity index (χ1) is 17.6. The van der Waals surface area contributed by atoms with Gasteiger partial charge in [0.2, 0.25) is 5.65 Å². The van der Waals surface area contributed by atoms with Crippen LogP contribution in [-0.4, -0.2) is 78.1 Å². The first-order valence-corrected chi connectivity index (χ1v) is 11.9. The molecular formula is C24H29N9O3. The highest BCUT2D eigenvalue weighted by atomic mass is 16.4. The summed E-state index contributed by atoms with van der Waals surface area (Å²) in [7, 11) is 1.75. The smallest absolute Gasteiger partial charge is 0.297 e. The number of aromatic nitrogens is 3. The van der Waals surface area contributed by atoms with Crippen LogP contribution in [0, 0.1) is 11.3 Å². The maximum absolute atomic E-state index is 13.6. The zero-order valence-electron chi connectivity index (χ0n) is 19.9. The number of hydrogen-bond donors (Lipinski definition) is 6. The molecule has 188 valence electrons. The molecule has 12 heteroatoms. The molecule has 1 amide bonds. The zero-order valence-corrected chi connectivity index (χ0v) is 19.9. The fraction of sp³-hybridized carbons (Fsp3) is 0.375. The van der Waals surface area contributed by atoms with E-state index in [4.69, 9.17) is 19.9 Å². The monoisotopic (exact) mass is 491 g/mol. The van der Waals surface area contributed by atoms with Crippen LogP contribution in [-0.2, 0) is 0 Å². The van der Waals surface area contributed by atoms with Gasteiger partial charge in [0.05, 0.1) is 17.9 Å². The first-order valence-electron chi connectivity index (χ1n) is 11.9. The molecule has 3 aromatic heterocycles. The number of rotatable bonds is 9. The number of pyridine rings is 2. The number of oxazole rings is 1. The Bertz CT molecular complexity index is 1310. The molecule has 5 rings (SSSR count). The summed E-state index contributed by atoms with van der Waals surface area (Å²) in [5, 5.41) is 28.8. The molecule has 2 fully saturated rings. The Labute approximate surface area is 207 Å². The molecule has 12 nitrogen and oxygen atoms in total. The lowest BCUT2D eigenvalue weighted by Crippen LogP contribution is -2.36. The van der Waals surface area contributed by atoms with Crippen LogP contribution >= 0.6 is 0 Å². The number of carbonyl (C=O) groups is 1. The lowest BCUT2D eigenvalue weighted by atomic mass is 10.0. The Balaban J connectivity index is 1.50. The molecule has 2 atom stereocenters. The van der Waals surface area contributed by atoms with Gasteiger partial charge >= 0.3 is 0 Å². The number of carbonyl (C=O) groups excluding carboxylic acids is 1. The van der Waals surface area contributed by atoms with E-state index in [1.54, 1.807) is 37.5 Å². The molecule has 6 N–H and O–H groups in total. The fourth-order valence-corrected chi connectivity index (χ4v) is 4.78. The summed E-state index contributed by atoms with van der Waals surface area (Å²) < 4.78 is 5.75. The van der Waals surface area contributed by atoms with Gasteiger partial charge in [0.15, 0.2) is 5.58 Å². The van der Waals surface area contributed by atoms with E-state index in [2.05, 4.69) is 36.1 Å². The molecule has 3 aromatic rings. The topological polar surface area (TPSA) is 164 Å². The van der Waals surface area contributed by atoms with Crippen LogP contribution in [0.3, 0.4) is 0 Å². The van der Waals surface area contributed by atoms with Gasteiger partial charge in [0.1, 0.15) is 11.6 Å². The number of allylic oxidation sites excluding steroid dienone is 1. The van der Waals surface area contributed by atoms with Crippen molar-refractivity contribution in [2.24, 2.45) is 5.92 Å². The molecule has 2 saturated heterocycles. The average Bonchev–Trinajstić information content (AvgIpc) is 3.61. The van der Waals surface area contributed by atoms with Crippen molar-refractivity contribution in [2.45, 2.75) is 12.5 Å². The van der Waals surface area contributed by atoms with E-state index >= 15 is 0 Å². The normalized spacial score (nSPS) is 19.4. The number of aliphatic hydroxyl groups excluding tert-OH is 1. The number of fused-ring (bicyclic) bond motifs is 2. The average molecular weight is 492 g/mol. The highest BCUT2D eigenvalue weighted by Gasteiger charge is 2.40. The van der Waals surface area contributed by atoms with E-state index in [0.29, 0.717) is 45.6 Å². The number of amides is 1. The van der Waals surface area contributed by atoms with Crippen molar-refractivity contribution in [3.63, 3.8) is 0 Å². The predicted octanol–water partition coefficient (Wildman–Crippen LogP) is 1.28. The molecule has 2 aliphatic rings. The Kier molecular flexibility index (Phi) is 6.78. The van der Waals surface area contributed by atoms with Crippen molar-refractivity contribution in [2.75, 3.05) is 55.4 Å². The number of nitrogens with zero attached hydrogens (tertiary/aromatic N) is 4. The van der Waals surface area contributed by atoms with E-state index in [1.807, 2.05) is 0 Å². The number of aliphatic hydroxyl groups is 1. The van der Waals surface area contributed by atoms with Gasteiger partial charge in [-0.15, -0.1) is 0 Å². The summed E-state index contributed by atoms with van der Waals surface area (Å²) >= 11 is 0. The van der Waals surface area contributed by atoms with E-state index in [0.717, 1.165) is 26.1 Å². The van der Waals surface area contributed by atoms with Crippen LogP contribution in [0.4, 0.5) is 17.7 Å². The third-order valence-electron chi connectivity index (χ3n) is 6.45. The van der Waals surface area contributed by atoms with Gasteiger partial charge in [-0.3, -0.25) is 4.79 Å². The second-order valence-corrected chi connectivity index (χ2v) is 8.71. The van der Waals surface area contributed by atoms with Crippen molar-refractivity contribution < 1.29 is 14.3 Å². The van der Waals surface area contributed by atoms with E-state index < -0.39 is 0 Å². The lowest BCUT2D eigenvalue weighted by molar-refractivity contribution is 0.102. The molecule has 0 aliphatic carbocycles. The molecule has 2 aliphatic heterocycles. The van der Waals surface area contributed by atoms with E-state index in [-0.39, 0.29) is 31.1 Å². The van der Waals surface area contributed by atoms with E-state index in [9.17, 15) is 4.79 Å². The summed E-state index contributed by atoms with van der Waals surface area (Å²) in [6.07, 6.45) is 3.89. The largest absolute Gasteiger partial charge is 0.422 e. The molecule has 0 aromatic carbocycles. The number of hydrogen-bond acceptors (Lipinski definition) is 11. The van der Waals surface area contributed by atoms with Gasteiger partial charge < -0.3 is 41.1 Å². The maximum atomic E-state index is 13.6. The molecule has 0 bridgehead atoms. The molecular weight excluding hydrogens is 462 g/mol. The van der Waals surface area contributed by atoms with Gasteiger partial charge in [-0.05, 0) is 24.5 Å². The summed E-state index contributed by atoms with van der Waals surface area (Å²) in [5.41, 5.74) is 2.27. The first kappa shape index (κ1) is 23.7. The Hall–Kier alpha value is -4.03. The molecule has 36 heavy (non-hydrogen) atoms. The van der Waals surface area contributed by atoms with Crippen molar-refractivity contribution >= 4 is 46.6 Å². The van der Waals surface area contributed by atoms with Crippen LogP contribution < -0.4 is 26.2 Å². The Morgan fingerprint density at radius 1 is 1.33 bits per heavy atom. The van der Waals surface area contributed by atoms with Crippen molar-refractivity contribution in [1.82, 2.24) is 25.6 Å².